The Kier molecular flexibility index (Phi) is 6.05. The number of aromatic nitrogens is 2. The quantitative estimate of drug-likeness (QED) is 0.654. The molecule has 29 heavy (non-hydrogen) atoms. The monoisotopic (exact) mass is 388 g/mol. The smallest absolute Gasteiger partial charge is 0.342 e. The highest BCUT2D eigenvalue weighted by molar-refractivity contribution is 5.96. The minimum atomic E-state index is -0.597. The number of ether oxygens (including phenoxy) is 1. The number of nitriles is 1. The van der Waals surface area contributed by atoms with E-state index in [4.69, 9.17) is 10.00 Å². The van der Waals surface area contributed by atoms with Crippen LogP contribution in [-0.4, -0.2) is 28.3 Å². The van der Waals surface area contributed by atoms with E-state index in [1.54, 1.807) is 42.8 Å². The molecule has 2 aromatic carbocycles. The van der Waals surface area contributed by atoms with E-state index in [1.165, 1.54) is 0 Å². The van der Waals surface area contributed by atoms with Gasteiger partial charge < -0.3 is 10.1 Å². The number of rotatable bonds is 6. The first-order valence-corrected chi connectivity index (χ1v) is 9.03. The number of hydrogen-bond donors (Lipinski definition) is 1. The molecule has 0 aliphatic carbocycles. The summed E-state index contributed by atoms with van der Waals surface area (Å²) in [5.74, 6) is -1.08. The van der Waals surface area contributed by atoms with Crippen LogP contribution < -0.4 is 5.32 Å². The van der Waals surface area contributed by atoms with Crippen molar-refractivity contribution in [1.82, 2.24) is 9.78 Å². The van der Waals surface area contributed by atoms with E-state index in [0.717, 1.165) is 5.56 Å². The lowest BCUT2D eigenvalue weighted by Crippen LogP contribution is -2.21. The second-order valence-corrected chi connectivity index (χ2v) is 6.51. The maximum atomic E-state index is 12.5. The molecular weight excluding hydrogens is 368 g/mol. The van der Waals surface area contributed by atoms with Crippen molar-refractivity contribution >= 4 is 17.6 Å². The second-order valence-electron chi connectivity index (χ2n) is 6.51. The Balaban J connectivity index is 1.63. The van der Waals surface area contributed by atoms with Crippen LogP contribution in [0.15, 0.2) is 54.6 Å². The van der Waals surface area contributed by atoms with Crippen LogP contribution in [0.5, 0.6) is 0 Å². The van der Waals surface area contributed by atoms with Gasteiger partial charge in [-0.25, -0.2) is 4.79 Å². The van der Waals surface area contributed by atoms with E-state index in [2.05, 4.69) is 10.4 Å². The molecule has 3 aromatic rings. The standard InChI is InChI=1S/C22H20N4O3/c1-15-21(16(2)26(25-15)13-17-7-4-3-5-8-17)22(28)29-14-20(27)24-19-10-6-9-18(11-19)12-23/h3-11H,13-14H2,1-2H3,(H,24,27). The molecule has 1 amide bonds. The highest BCUT2D eigenvalue weighted by Gasteiger charge is 2.21. The molecule has 0 atom stereocenters. The van der Waals surface area contributed by atoms with Crippen molar-refractivity contribution in [2.24, 2.45) is 0 Å². The van der Waals surface area contributed by atoms with Crippen molar-refractivity contribution in [3.8, 4) is 6.07 Å². The van der Waals surface area contributed by atoms with Gasteiger partial charge in [0.15, 0.2) is 6.61 Å². The fourth-order valence-corrected chi connectivity index (χ4v) is 2.97. The van der Waals surface area contributed by atoms with Crippen molar-refractivity contribution in [3.63, 3.8) is 0 Å². The largest absolute Gasteiger partial charge is 0.452 e. The number of nitrogens with zero attached hydrogens (tertiary/aromatic N) is 3. The number of esters is 1. The predicted molar refractivity (Wildman–Crippen MR) is 107 cm³/mol. The molecule has 1 N–H and O–H groups in total. The molecule has 146 valence electrons. The van der Waals surface area contributed by atoms with Gasteiger partial charge in [-0.2, -0.15) is 10.4 Å². The summed E-state index contributed by atoms with van der Waals surface area (Å²) in [7, 11) is 0. The number of anilines is 1. The zero-order valence-corrected chi connectivity index (χ0v) is 16.2. The van der Waals surface area contributed by atoms with Gasteiger partial charge >= 0.3 is 5.97 Å². The molecule has 0 aliphatic rings. The van der Waals surface area contributed by atoms with Crippen LogP contribution in [0.25, 0.3) is 0 Å². The Labute approximate surface area is 168 Å². The SMILES string of the molecule is Cc1nn(Cc2ccccc2)c(C)c1C(=O)OCC(=O)Nc1cccc(C#N)c1. The van der Waals surface area contributed by atoms with Crippen LogP contribution in [0.2, 0.25) is 0 Å². The van der Waals surface area contributed by atoms with Crippen molar-refractivity contribution in [2.45, 2.75) is 20.4 Å². The van der Waals surface area contributed by atoms with Crippen molar-refractivity contribution in [1.29, 1.82) is 5.26 Å². The van der Waals surface area contributed by atoms with E-state index in [9.17, 15) is 9.59 Å². The highest BCUT2D eigenvalue weighted by Crippen LogP contribution is 2.16. The van der Waals surface area contributed by atoms with E-state index < -0.39 is 18.5 Å². The van der Waals surface area contributed by atoms with Crippen LogP contribution in [0, 0.1) is 25.2 Å². The van der Waals surface area contributed by atoms with Gasteiger partial charge in [0.1, 0.15) is 5.56 Å². The van der Waals surface area contributed by atoms with E-state index in [-0.39, 0.29) is 0 Å². The molecule has 7 heteroatoms. The Bertz CT molecular complexity index is 1080. The normalized spacial score (nSPS) is 10.2. The van der Waals surface area contributed by atoms with Crippen molar-refractivity contribution < 1.29 is 14.3 Å². The molecule has 0 unspecified atom stereocenters. The van der Waals surface area contributed by atoms with Gasteiger partial charge in [0.25, 0.3) is 5.91 Å². The molecule has 0 spiro atoms. The fraction of sp³-hybridized carbons (Fsp3) is 0.182. The average Bonchev–Trinajstić information content (AvgIpc) is 3.00. The first-order chi connectivity index (χ1) is 14.0. The highest BCUT2D eigenvalue weighted by atomic mass is 16.5. The predicted octanol–water partition coefficient (Wildman–Crippen LogP) is 3.22. The molecule has 0 radical (unpaired) electrons. The number of carbonyl (C=O) groups is 2. The topological polar surface area (TPSA) is 97.0 Å². The number of hydrogen-bond acceptors (Lipinski definition) is 5. The number of nitrogens with one attached hydrogen (secondary N) is 1. The minimum absolute atomic E-state index is 0.361. The van der Waals surface area contributed by atoms with Gasteiger partial charge in [-0.3, -0.25) is 9.48 Å². The second kappa shape index (κ2) is 8.85. The zero-order chi connectivity index (χ0) is 20.8. The summed E-state index contributed by atoms with van der Waals surface area (Å²) >= 11 is 0. The van der Waals surface area contributed by atoms with Crippen molar-refractivity contribution in [2.75, 3.05) is 11.9 Å². The molecule has 0 bridgehead atoms. The van der Waals surface area contributed by atoms with Crippen LogP contribution in [0.3, 0.4) is 0 Å². The lowest BCUT2D eigenvalue weighted by Gasteiger charge is -2.08. The molecule has 1 aromatic heterocycles. The third-order valence-electron chi connectivity index (χ3n) is 4.37. The first-order valence-electron chi connectivity index (χ1n) is 9.03. The lowest BCUT2D eigenvalue weighted by atomic mass is 10.2. The molecular formula is C22H20N4O3. The number of amides is 1. The molecule has 0 aliphatic heterocycles. The fourth-order valence-electron chi connectivity index (χ4n) is 2.97. The lowest BCUT2D eigenvalue weighted by molar-refractivity contribution is -0.119. The summed E-state index contributed by atoms with van der Waals surface area (Å²) in [6.07, 6.45) is 0. The van der Waals surface area contributed by atoms with Crippen molar-refractivity contribution in [3.05, 3.63) is 82.7 Å². The summed E-state index contributed by atoms with van der Waals surface area (Å²) in [4.78, 5) is 24.6. The van der Waals surface area contributed by atoms with Gasteiger partial charge in [0.2, 0.25) is 0 Å². The Morgan fingerprint density at radius 3 is 2.62 bits per heavy atom. The van der Waals surface area contributed by atoms with Gasteiger partial charge in [0.05, 0.1) is 29.6 Å². The maximum absolute atomic E-state index is 12.5. The number of aryl methyl sites for hydroxylation is 1. The number of carbonyl (C=O) groups excluding carboxylic acids is 2. The van der Waals surface area contributed by atoms with E-state index >= 15 is 0 Å². The molecule has 0 saturated carbocycles. The van der Waals surface area contributed by atoms with Gasteiger partial charge in [0, 0.05) is 5.69 Å². The minimum Gasteiger partial charge on any atom is -0.452 e. The van der Waals surface area contributed by atoms with Gasteiger partial charge in [-0.05, 0) is 37.6 Å². The van der Waals surface area contributed by atoms with Crippen LogP contribution in [0.1, 0.15) is 32.9 Å². The summed E-state index contributed by atoms with van der Waals surface area (Å²) in [6, 6.07) is 18.3. The van der Waals surface area contributed by atoms with E-state index in [1.807, 2.05) is 36.4 Å². The Morgan fingerprint density at radius 2 is 1.90 bits per heavy atom. The summed E-state index contributed by atoms with van der Waals surface area (Å²) in [5.41, 5.74) is 3.55. The summed E-state index contributed by atoms with van der Waals surface area (Å²) in [6.45, 7) is 3.64. The zero-order valence-electron chi connectivity index (χ0n) is 16.2. The summed E-state index contributed by atoms with van der Waals surface area (Å²) < 4.78 is 6.92. The van der Waals surface area contributed by atoms with Gasteiger partial charge in [-0.1, -0.05) is 36.4 Å². The molecule has 3 rings (SSSR count). The van der Waals surface area contributed by atoms with E-state index in [0.29, 0.717) is 34.7 Å². The third-order valence-corrected chi connectivity index (χ3v) is 4.37. The Morgan fingerprint density at radius 1 is 1.14 bits per heavy atom. The van der Waals surface area contributed by atoms with Crippen LogP contribution >= 0.6 is 0 Å². The van der Waals surface area contributed by atoms with Crippen LogP contribution in [0.4, 0.5) is 5.69 Å². The van der Waals surface area contributed by atoms with Crippen LogP contribution in [-0.2, 0) is 16.1 Å². The molecule has 7 nitrogen and oxygen atoms in total. The number of benzene rings is 2. The molecule has 0 fully saturated rings. The Hall–Kier alpha value is -3.92. The average molecular weight is 388 g/mol. The molecule has 1 heterocycles. The first kappa shape index (κ1) is 19.8. The van der Waals surface area contributed by atoms with Gasteiger partial charge in [-0.15, -0.1) is 0 Å². The summed E-state index contributed by atoms with van der Waals surface area (Å²) in [5, 5.41) is 15.9. The molecule has 0 saturated heterocycles. The third kappa shape index (κ3) is 4.87. The maximum Gasteiger partial charge on any atom is 0.342 e.